The van der Waals surface area contributed by atoms with Crippen LogP contribution in [0.2, 0.25) is 0 Å². The Hall–Kier alpha value is -0.0800. The van der Waals surface area contributed by atoms with Crippen LogP contribution in [0.1, 0.15) is 40.5 Å². The van der Waals surface area contributed by atoms with E-state index in [4.69, 9.17) is 4.74 Å². The van der Waals surface area contributed by atoms with Crippen LogP contribution in [-0.2, 0) is 4.74 Å². The Morgan fingerprint density at radius 3 is 2.40 bits per heavy atom. The summed E-state index contributed by atoms with van der Waals surface area (Å²) in [6, 6.07) is 1.45. The van der Waals surface area contributed by atoms with Crippen molar-refractivity contribution in [1.29, 1.82) is 0 Å². The molecular formula is C13H25NO. The minimum atomic E-state index is 0.499. The van der Waals surface area contributed by atoms with Crippen LogP contribution < -0.4 is 0 Å². The Labute approximate surface area is 94.0 Å². The van der Waals surface area contributed by atoms with E-state index in [1.165, 1.54) is 19.4 Å². The number of nitrogens with zero attached hydrogens (tertiary/aromatic N) is 1. The Kier molecular flexibility index (Phi) is 3.09. The fraction of sp³-hybridized carbons (Fsp3) is 1.00. The Morgan fingerprint density at radius 1 is 1.27 bits per heavy atom. The van der Waals surface area contributed by atoms with Gasteiger partial charge in [0.2, 0.25) is 0 Å². The summed E-state index contributed by atoms with van der Waals surface area (Å²) in [6.07, 6.45) is 2.63. The highest BCUT2D eigenvalue weighted by molar-refractivity contribution is 4.99. The van der Waals surface area contributed by atoms with Crippen molar-refractivity contribution >= 4 is 0 Å². The lowest BCUT2D eigenvalue weighted by Gasteiger charge is -2.30. The van der Waals surface area contributed by atoms with Crippen molar-refractivity contribution in [3.63, 3.8) is 0 Å². The van der Waals surface area contributed by atoms with Crippen molar-refractivity contribution in [2.24, 2.45) is 11.3 Å². The average molecular weight is 211 g/mol. The largest absolute Gasteiger partial charge is 0.381 e. The molecule has 2 atom stereocenters. The quantitative estimate of drug-likeness (QED) is 0.696. The second-order valence-corrected chi connectivity index (χ2v) is 6.08. The van der Waals surface area contributed by atoms with E-state index < -0.39 is 0 Å². The molecule has 0 bridgehead atoms. The van der Waals surface area contributed by atoms with Crippen LogP contribution in [0.3, 0.4) is 0 Å². The highest BCUT2D eigenvalue weighted by Crippen LogP contribution is 2.44. The van der Waals surface area contributed by atoms with E-state index in [1.807, 2.05) is 0 Å². The number of ether oxygens (including phenoxy) is 1. The van der Waals surface area contributed by atoms with E-state index in [-0.39, 0.29) is 0 Å². The summed E-state index contributed by atoms with van der Waals surface area (Å²) in [4.78, 5) is 2.69. The summed E-state index contributed by atoms with van der Waals surface area (Å²) in [7, 11) is 0. The molecule has 2 fully saturated rings. The van der Waals surface area contributed by atoms with Gasteiger partial charge in [0.25, 0.3) is 0 Å². The highest BCUT2D eigenvalue weighted by Gasteiger charge is 2.47. The zero-order valence-corrected chi connectivity index (χ0v) is 10.6. The van der Waals surface area contributed by atoms with Crippen LogP contribution in [0.25, 0.3) is 0 Å². The van der Waals surface area contributed by atoms with Gasteiger partial charge in [-0.1, -0.05) is 13.8 Å². The second kappa shape index (κ2) is 4.06. The molecular weight excluding hydrogens is 186 g/mol. The SMILES string of the molecule is CC(C)C1C[C@]2(CCOC2)CN1C(C)C. The second-order valence-electron chi connectivity index (χ2n) is 6.08. The molecule has 2 aliphatic heterocycles. The first-order valence-corrected chi connectivity index (χ1v) is 6.38. The normalized spacial score (nSPS) is 37.6. The Morgan fingerprint density at radius 2 is 2.00 bits per heavy atom. The van der Waals surface area contributed by atoms with E-state index in [0.29, 0.717) is 11.5 Å². The van der Waals surface area contributed by atoms with Crippen LogP contribution >= 0.6 is 0 Å². The number of rotatable bonds is 2. The third kappa shape index (κ3) is 2.07. The molecule has 1 spiro atoms. The lowest BCUT2D eigenvalue weighted by molar-refractivity contribution is 0.141. The first-order chi connectivity index (χ1) is 7.04. The molecule has 2 aliphatic rings. The summed E-state index contributed by atoms with van der Waals surface area (Å²) in [5, 5.41) is 0. The minimum absolute atomic E-state index is 0.499. The molecule has 2 rings (SSSR count). The molecule has 0 aromatic heterocycles. The third-order valence-corrected chi connectivity index (χ3v) is 4.20. The van der Waals surface area contributed by atoms with E-state index in [9.17, 15) is 0 Å². The van der Waals surface area contributed by atoms with Gasteiger partial charge in [-0.15, -0.1) is 0 Å². The number of likely N-dealkylation sites (tertiary alicyclic amines) is 1. The summed E-state index contributed by atoms with van der Waals surface area (Å²) in [5.41, 5.74) is 0.499. The summed E-state index contributed by atoms with van der Waals surface area (Å²) in [6.45, 7) is 12.6. The Bertz CT molecular complexity index is 201. The minimum Gasteiger partial charge on any atom is -0.381 e. The molecule has 0 aromatic rings. The van der Waals surface area contributed by atoms with E-state index in [2.05, 4.69) is 32.6 Å². The van der Waals surface area contributed by atoms with Gasteiger partial charge in [0.1, 0.15) is 0 Å². The van der Waals surface area contributed by atoms with Crippen LogP contribution in [0.4, 0.5) is 0 Å². The van der Waals surface area contributed by atoms with Crippen molar-refractivity contribution in [2.75, 3.05) is 19.8 Å². The van der Waals surface area contributed by atoms with Gasteiger partial charge >= 0.3 is 0 Å². The zero-order valence-electron chi connectivity index (χ0n) is 10.6. The van der Waals surface area contributed by atoms with Gasteiger partial charge in [-0.25, -0.2) is 0 Å². The molecule has 15 heavy (non-hydrogen) atoms. The van der Waals surface area contributed by atoms with Crippen molar-refractivity contribution in [2.45, 2.75) is 52.6 Å². The molecule has 1 unspecified atom stereocenters. The summed E-state index contributed by atoms with van der Waals surface area (Å²) < 4.78 is 5.61. The average Bonchev–Trinajstić information content (AvgIpc) is 2.74. The number of hydrogen-bond acceptors (Lipinski definition) is 2. The van der Waals surface area contributed by atoms with Crippen molar-refractivity contribution in [3.8, 4) is 0 Å². The van der Waals surface area contributed by atoms with E-state index in [0.717, 1.165) is 25.2 Å². The maximum Gasteiger partial charge on any atom is 0.0536 e. The van der Waals surface area contributed by atoms with Crippen LogP contribution in [-0.4, -0.2) is 36.7 Å². The van der Waals surface area contributed by atoms with Crippen LogP contribution in [0, 0.1) is 11.3 Å². The Balaban J connectivity index is 2.11. The van der Waals surface area contributed by atoms with Gasteiger partial charge in [-0.05, 0) is 32.6 Å². The molecule has 0 aromatic carbocycles. The van der Waals surface area contributed by atoms with E-state index in [1.54, 1.807) is 0 Å². The fourth-order valence-electron chi connectivity index (χ4n) is 3.25. The van der Waals surface area contributed by atoms with Gasteiger partial charge < -0.3 is 4.74 Å². The lowest BCUT2D eigenvalue weighted by atomic mass is 9.83. The molecule has 0 N–H and O–H groups in total. The molecule has 0 saturated carbocycles. The molecule has 0 aliphatic carbocycles. The van der Waals surface area contributed by atoms with Gasteiger partial charge in [-0.3, -0.25) is 4.90 Å². The van der Waals surface area contributed by atoms with Gasteiger partial charge in [0.05, 0.1) is 6.61 Å². The first kappa shape index (κ1) is 11.4. The van der Waals surface area contributed by atoms with Gasteiger partial charge in [0, 0.05) is 30.7 Å². The van der Waals surface area contributed by atoms with Gasteiger partial charge in [-0.2, -0.15) is 0 Å². The summed E-state index contributed by atoms with van der Waals surface area (Å²) >= 11 is 0. The smallest absolute Gasteiger partial charge is 0.0536 e. The van der Waals surface area contributed by atoms with Gasteiger partial charge in [0.15, 0.2) is 0 Å². The van der Waals surface area contributed by atoms with Crippen LogP contribution in [0.15, 0.2) is 0 Å². The molecule has 2 heterocycles. The van der Waals surface area contributed by atoms with Crippen LogP contribution in [0.5, 0.6) is 0 Å². The topological polar surface area (TPSA) is 12.5 Å². The summed E-state index contributed by atoms with van der Waals surface area (Å²) in [5.74, 6) is 0.771. The maximum atomic E-state index is 5.61. The van der Waals surface area contributed by atoms with Crippen molar-refractivity contribution < 1.29 is 4.74 Å². The maximum absolute atomic E-state index is 5.61. The zero-order chi connectivity index (χ0) is 11.1. The predicted molar refractivity (Wildman–Crippen MR) is 63.0 cm³/mol. The lowest BCUT2D eigenvalue weighted by Crippen LogP contribution is -2.39. The molecule has 0 radical (unpaired) electrons. The molecule has 88 valence electrons. The predicted octanol–water partition coefficient (Wildman–Crippen LogP) is 2.53. The highest BCUT2D eigenvalue weighted by atomic mass is 16.5. The molecule has 2 saturated heterocycles. The molecule has 2 nitrogen and oxygen atoms in total. The fourth-order valence-corrected chi connectivity index (χ4v) is 3.25. The third-order valence-electron chi connectivity index (χ3n) is 4.20. The van der Waals surface area contributed by atoms with E-state index >= 15 is 0 Å². The monoisotopic (exact) mass is 211 g/mol. The first-order valence-electron chi connectivity index (χ1n) is 6.38. The number of hydrogen-bond donors (Lipinski definition) is 0. The molecule has 0 amide bonds. The standard InChI is InChI=1S/C13H25NO/c1-10(2)12-7-13(5-6-15-9-13)8-14(12)11(3)4/h10-12H,5-9H2,1-4H3/t12?,13-/m1/s1. The van der Waals surface area contributed by atoms with Crippen molar-refractivity contribution in [1.82, 2.24) is 4.90 Å². The molecule has 2 heteroatoms. The van der Waals surface area contributed by atoms with Crippen molar-refractivity contribution in [3.05, 3.63) is 0 Å².